The summed E-state index contributed by atoms with van der Waals surface area (Å²) in [5.41, 5.74) is 0.351. The highest BCUT2D eigenvalue weighted by molar-refractivity contribution is 7.90. The van der Waals surface area contributed by atoms with Crippen LogP contribution >= 0.6 is 0 Å². The molecule has 0 aliphatic rings. The predicted octanol–water partition coefficient (Wildman–Crippen LogP) is 3.01. The van der Waals surface area contributed by atoms with Crippen LogP contribution in [0.15, 0.2) is 70.2 Å². The molecule has 168 valence electrons. The summed E-state index contributed by atoms with van der Waals surface area (Å²) in [4.78, 5) is 22.9. The second-order valence-corrected chi connectivity index (χ2v) is 8.78. The van der Waals surface area contributed by atoms with Crippen LogP contribution in [0, 0.1) is 10.1 Å². The van der Waals surface area contributed by atoms with E-state index in [9.17, 15) is 23.3 Å². The summed E-state index contributed by atoms with van der Waals surface area (Å²) in [7, 11) is -3.57. The number of nitrogens with zero attached hydrogens (tertiary/aromatic N) is 1. The molecule has 2 N–H and O–H groups in total. The summed E-state index contributed by atoms with van der Waals surface area (Å²) < 4.78 is 34.1. The molecule has 0 spiro atoms. The molecular formula is C21H21N3O7S. The zero-order valence-electron chi connectivity index (χ0n) is 17.1. The third-order valence-electron chi connectivity index (χ3n) is 4.41. The van der Waals surface area contributed by atoms with Crippen LogP contribution in [0.1, 0.15) is 16.1 Å². The smallest absolute Gasteiger partial charge is 0.293 e. The Morgan fingerprint density at radius 2 is 1.88 bits per heavy atom. The Labute approximate surface area is 184 Å². The first kappa shape index (κ1) is 22.8. The molecule has 32 heavy (non-hydrogen) atoms. The Morgan fingerprint density at radius 3 is 2.56 bits per heavy atom. The number of para-hydroxylation sites is 1. The van der Waals surface area contributed by atoms with Crippen molar-refractivity contribution in [2.24, 2.45) is 0 Å². The zero-order chi connectivity index (χ0) is 23.1. The first-order valence-corrected chi connectivity index (χ1v) is 11.4. The topological polar surface area (TPSA) is 141 Å². The maximum absolute atomic E-state index is 12.4. The van der Waals surface area contributed by atoms with Crippen LogP contribution in [0.25, 0.3) is 0 Å². The second kappa shape index (κ2) is 9.96. The summed E-state index contributed by atoms with van der Waals surface area (Å²) in [6.45, 7) is 0.464. The quantitative estimate of drug-likeness (QED) is 0.268. The van der Waals surface area contributed by atoms with Crippen molar-refractivity contribution in [1.82, 2.24) is 5.32 Å². The number of sulfone groups is 1. The van der Waals surface area contributed by atoms with E-state index in [1.54, 1.807) is 18.2 Å². The maximum atomic E-state index is 12.4. The monoisotopic (exact) mass is 459 g/mol. The second-order valence-electron chi connectivity index (χ2n) is 6.77. The van der Waals surface area contributed by atoms with E-state index in [4.69, 9.17) is 9.15 Å². The van der Waals surface area contributed by atoms with Crippen LogP contribution in [0.3, 0.4) is 0 Å². The molecular weight excluding hydrogens is 438 g/mol. The van der Waals surface area contributed by atoms with E-state index >= 15 is 0 Å². The van der Waals surface area contributed by atoms with Crippen molar-refractivity contribution >= 4 is 27.1 Å². The first-order chi connectivity index (χ1) is 15.3. The van der Waals surface area contributed by atoms with Gasteiger partial charge in [0.15, 0.2) is 15.6 Å². The highest BCUT2D eigenvalue weighted by Crippen LogP contribution is 2.27. The van der Waals surface area contributed by atoms with Gasteiger partial charge in [0.1, 0.15) is 18.0 Å². The summed E-state index contributed by atoms with van der Waals surface area (Å²) in [6.07, 6.45) is 2.37. The molecule has 0 fully saturated rings. The lowest BCUT2D eigenvalue weighted by molar-refractivity contribution is -0.384. The molecule has 11 heteroatoms. The zero-order valence-corrected chi connectivity index (χ0v) is 17.9. The summed E-state index contributed by atoms with van der Waals surface area (Å²) in [5, 5.41) is 16.8. The van der Waals surface area contributed by atoms with Crippen molar-refractivity contribution in [1.29, 1.82) is 0 Å². The first-order valence-electron chi connectivity index (χ1n) is 9.50. The lowest BCUT2D eigenvalue weighted by Crippen LogP contribution is -2.29. The van der Waals surface area contributed by atoms with Gasteiger partial charge in [-0.15, -0.1) is 0 Å². The van der Waals surface area contributed by atoms with Gasteiger partial charge < -0.3 is 19.8 Å². The molecule has 1 aromatic heterocycles. The van der Waals surface area contributed by atoms with Gasteiger partial charge >= 0.3 is 0 Å². The van der Waals surface area contributed by atoms with Crippen molar-refractivity contribution in [3.63, 3.8) is 0 Å². The molecule has 1 amide bonds. The Bertz CT molecular complexity index is 1210. The number of ether oxygens (including phenoxy) is 1. The van der Waals surface area contributed by atoms with Gasteiger partial charge in [-0.1, -0.05) is 18.2 Å². The Balaban J connectivity index is 1.55. The molecule has 1 heterocycles. The normalized spacial score (nSPS) is 11.0. The van der Waals surface area contributed by atoms with Gasteiger partial charge in [-0.05, 0) is 30.3 Å². The molecule has 0 aliphatic carbocycles. The van der Waals surface area contributed by atoms with Crippen LogP contribution in [-0.4, -0.2) is 38.6 Å². The summed E-state index contributed by atoms with van der Waals surface area (Å²) >= 11 is 0. The number of nitro groups is 1. The fourth-order valence-corrected chi connectivity index (χ4v) is 3.46. The van der Waals surface area contributed by atoms with Crippen LogP contribution in [0.5, 0.6) is 5.75 Å². The van der Waals surface area contributed by atoms with E-state index < -0.39 is 20.7 Å². The highest BCUT2D eigenvalue weighted by atomic mass is 32.2. The Kier molecular flexibility index (Phi) is 7.11. The number of amides is 1. The SMILES string of the molecule is CS(=O)(=O)c1ccc(NCCNC(=O)c2occc2COc2ccccc2)c([N+](=O)[O-])c1. The van der Waals surface area contributed by atoms with E-state index in [2.05, 4.69) is 10.6 Å². The molecule has 0 saturated heterocycles. The van der Waals surface area contributed by atoms with E-state index in [1.807, 2.05) is 18.2 Å². The minimum absolute atomic E-state index is 0.115. The van der Waals surface area contributed by atoms with Gasteiger partial charge in [-0.2, -0.15) is 0 Å². The molecule has 0 bridgehead atoms. The number of furan rings is 1. The van der Waals surface area contributed by atoms with Crippen molar-refractivity contribution < 1.29 is 27.3 Å². The minimum atomic E-state index is -3.57. The number of carbonyl (C=O) groups is 1. The number of rotatable bonds is 10. The average molecular weight is 459 g/mol. The summed E-state index contributed by atoms with van der Waals surface area (Å²) in [5.74, 6) is 0.322. The number of anilines is 1. The highest BCUT2D eigenvalue weighted by Gasteiger charge is 2.19. The van der Waals surface area contributed by atoms with Gasteiger partial charge in [0.2, 0.25) is 0 Å². The van der Waals surface area contributed by atoms with Gasteiger partial charge in [0, 0.05) is 31.0 Å². The Hall–Kier alpha value is -3.86. The van der Waals surface area contributed by atoms with Crippen molar-refractivity contribution in [2.75, 3.05) is 24.7 Å². The third kappa shape index (κ3) is 5.85. The van der Waals surface area contributed by atoms with E-state index in [-0.39, 0.29) is 41.7 Å². The van der Waals surface area contributed by atoms with Gasteiger partial charge in [-0.25, -0.2) is 8.42 Å². The lowest BCUT2D eigenvalue weighted by atomic mass is 10.2. The van der Waals surface area contributed by atoms with Gasteiger partial charge in [-0.3, -0.25) is 14.9 Å². The Morgan fingerprint density at radius 1 is 1.12 bits per heavy atom. The molecule has 0 unspecified atom stereocenters. The molecule has 2 aromatic carbocycles. The molecule has 0 saturated carbocycles. The molecule has 0 radical (unpaired) electrons. The van der Waals surface area contributed by atoms with E-state index in [1.165, 1.54) is 18.4 Å². The van der Waals surface area contributed by atoms with Crippen LogP contribution < -0.4 is 15.4 Å². The number of nitrogens with one attached hydrogen (secondary N) is 2. The molecule has 10 nitrogen and oxygen atoms in total. The van der Waals surface area contributed by atoms with Crippen molar-refractivity contribution in [2.45, 2.75) is 11.5 Å². The van der Waals surface area contributed by atoms with E-state index in [0.717, 1.165) is 12.3 Å². The summed E-state index contributed by atoms with van der Waals surface area (Å²) in [6, 6.07) is 14.4. The molecule has 3 aromatic rings. The fraction of sp³-hybridized carbons (Fsp3) is 0.190. The van der Waals surface area contributed by atoms with E-state index in [0.29, 0.717) is 11.3 Å². The molecule has 3 rings (SSSR count). The van der Waals surface area contributed by atoms with Gasteiger partial charge in [0.05, 0.1) is 16.1 Å². The molecule has 0 aliphatic heterocycles. The van der Waals surface area contributed by atoms with Crippen LogP contribution in [0.2, 0.25) is 0 Å². The minimum Gasteiger partial charge on any atom is -0.489 e. The number of hydrogen-bond acceptors (Lipinski definition) is 8. The maximum Gasteiger partial charge on any atom is 0.293 e. The fourth-order valence-electron chi connectivity index (χ4n) is 2.82. The van der Waals surface area contributed by atoms with Gasteiger partial charge in [0.25, 0.3) is 11.6 Å². The number of carbonyl (C=O) groups excluding carboxylic acids is 1. The standard InChI is InChI=1S/C21H21N3O7S/c1-32(28,29)17-7-8-18(19(13-17)24(26)27)22-10-11-23-21(25)20-15(9-12-30-20)14-31-16-5-3-2-4-6-16/h2-9,12-13,22H,10-11,14H2,1H3,(H,23,25). The van der Waals surface area contributed by atoms with Crippen molar-refractivity contribution in [3.8, 4) is 5.75 Å². The number of benzene rings is 2. The van der Waals surface area contributed by atoms with Crippen molar-refractivity contribution in [3.05, 3.63) is 82.3 Å². The predicted molar refractivity (Wildman–Crippen MR) is 117 cm³/mol. The third-order valence-corrected chi connectivity index (χ3v) is 5.52. The number of nitro benzene ring substituents is 1. The average Bonchev–Trinajstić information content (AvgIpc) is 3.24. The lowest BCUT2D eigenvalue weighted by Gasteiger charge is -2.10. The van der Waals surface area contributed by atoms with Crippen LogP contribution in [-0.2, 0) is 16.4 Å². The number of hydrogen-bond donors (Lipinski definition) is 2. The largest absolute Gasteiger partial charge is 0.489 e. The van der Waals surface area contributed by atoms with Crippen LogP contribution in [0.4, 0.5) is 11.4 Å². The molecule has 0 atom stereocenters.